The van der Waals surface area contributed by atoms with E-state index >= 15 is 0 Å². The fourth-order valence-electron chi connectivity index (χ4n) is 4.97. The Morgan fingerprint density at radius 2 is 1.58 bits per heavy atom. The van der Waals surface area contributed by atoms with Crippen LogP contribution in [0.1, 0.15) is 30.4 Å². The van der Waals surface area contributed by atoms with E-state index < -0.39 is 36.4 Å². The Balaban J connectivity index is 1.32. The van der Waals surface area contributed by atoms with E-state index in [-0.39, 0.29) is 12.5 Å². The largest absolute Gasteiger partial charge is 0.391 e. The van der Waals surface area contributed by atoms with Crippen LogP contribution in [0.15, 0.2) is 90.1 Å². The molecular weight excluding hydrogens is 550 g/mol. The lowest BCUT2D eigenvalue weighted by atomic mass is 10.0. The van der Waals surface area contributed by atoms with Gasteiger partial charge in [0, 0.05) is 20.2 Å². The molecule has 3 aromatic carbocycles. The number of aliphatic hydroxyl groups is 3. The fourth-order valence-corrected chi connectivity index (χ4v) is 4.97. The number of nitrogens with one attached hydrogen (secondary N) is 1. The molecule has 1 fully saturated rings. The van der Waals surface area contributed by atoms with Crippen LogP contribution in [0.5, 0.6) is 0 Å². The molecular formula is C33H39N3O7. The van der Waals surface area contributed by atoms with Crippen LogP contribution in [-0.2, 0) is 32.3 Å². The first-order valence-corrected chi connectivity index (χ1v) is 14.4. The third-order valence-corrected chi connectivity index (χ3v) is 7.42. The highest BCUT2D eigenvalue weighted by Gasteiger charge is 2.38. The van der Waals surface area contributed by atoms with Crippen LogP contribution in [0.2, 0.25) is 0 Å². The second kappa shape index (κ2) is 15.9. The minimum absolute atomic E-state index is 0.150. The van der Waals surface area contributed by atoms with Gasteiger partial charge in [-0.15, -0.1) is 0 Å². The van der Waals surface area contributed by atoms with Gasteiger partial charge in [-0.25, -0.2) is 0 Å². The molecule has 0 aliphatic carbocycles. The summed E-state index contributed by atoms with van der Waals surface area (Å²) in [6.45, 7) is 1.10. The van der Waals surface area contributed by atoms with Crippen molar-refractivity contribution in [2.75, 3.05) is 13.7 Å². The van der Waals surface area contributed by atoms with Gasteiger partial charge in [0.1, 0.15) is 31.0 Å². The van der Waals surface area contributed by atoms with Crippen molar-refractivity contribution in [1.29, 1.82) is 0 Å². The van der Waals surface area contributed by atoms with Gasteiger partial charge in [0.05, 0.1) is 6.21 Å². The zero-order valence-electron chi connectivity index (χ0n) is 24.2. The number of carbonyl (C=O) groups excluding carboxylic acids is 2. The summed E-state index contributed by atoms with van der Waals surface area (Å²) in [6, 6.07) is 26.5. The number of carbonyl (C=O) groups is 2. The SMILES string of the molecule is CO[C@@H](C(=O)NC1CCCCN(Cc2ccc(-c3ccccc3)cc2)C1=O)[C@H](O)[C@@H](O)[C@H](O)/C=N/OCc1ccccc1. The fraction of sp³-hybridized carbons (Fsp3) is 0.364. The molecule has 1 heterocycles. The molecule has 1 unspecified atom stereocenters. The Morgan fingerprint density at radius 3 is 2.26 bits per heavy atom. The first-order valence-electron chi connectivity index (χ1n) is 14.4. The minimum Gasteiger partial charge on any atom is -0.391 e. The number of hydrogen-bond acceptors (Lipinski definition) is 8. The molecule has 0 bridgehead atoms. The average Bonchev–Trinajstić information content (AvgIpc) is 3.20. The Morgan fingerprint density at radius 1 is 0.930 bits per heavy atom. The van der Waals surface area contributed by atoms with E-state index in [1.54, 1.807) is 4.90 Å². The maximum absolute atomic E-state index is 13.4. The summed E-state index contributed by atoms with van der Waals surface area (Å²) in [5, 5.41) is 37.7. The molecule has 5 atom stereocenters. The lowest BCUT2D eigenvalue weighted by molar-refractivity contribution is -0.151. The summed E-state index contributed by atoms with van der Waals surface area (Å²) in [5.74, 6) is -1.00. The topological polar surface area (TPSA) is 141 Å². The van der Waals surface area contributed by atoms with Gasteiger partial charge in [-0.05, 0) is 41.5 Å². The highest BCUT2D eigenvalue weighted by Crippen LogP contribution is 2.21. The highest BCUT2D eigenvalue weighted by molar-refractivity contribution is 5.90. The predicted octanol–water partition coefficient (Wildman–Crippen LogP) is 2.65. The smallest absolute Gasteiger partial charge is 0.252 e. The summed E-state index contributed by atoms with van der Waals surface area (Å²) < 4.78 is 5.17. The Hall–Kier alpha value is -4.09. The zero-order chi connectivity index (χ0) is 30.6. The lowest BCUT2D eigenvalue weighted by Crippen LogP contribution is -2.56. The van der Waals surface area contributed by atoms with Crippen LogP contribution in [0.3, 0.4) is 0 Å². The molecule has 4 N–H and O–H groups in total. The summed E-state index contributed by atoms with van der Waals surface area (Å²) in [6.07, 6.45) is -3.93. The van der Waals surface area contributed by atoms with E-state index in [0.29, 0.717) is 19.5 Å². The molecule has 3 aromatic rings. The number of ether oxygens (including phenoxy) is 1. The number of amides is 2. The van der Waals surface area contributed by atoms with E-state index in [4.69, 9.17) is 9.57 Å². The molecule has 0 aromatic heterocycles. The first kappa shape index (κ1) is 31.8. The van der Waals surface area contributed by atoms with Gasteiger partial charge in [-0.1, -0.05) is 90.1 Å². The summed E-state index contributed by atoms with van der Waals surface area (Å²) in [7, 11) is 1.20. The van der Waals surface area contributed by atoms with Crippen LogP contribution >= 0.6 is 0 Å². The molecule has 0 radical (unpaired) electrons. The molecule has 228 valence electrons. The Labute approximate surface area is 251 Å². The third kappa shape index (κ3) is 8.95. The van der Waals surface area contributed by atoms with Crippen molar-refractivity contribution in [2.24, 2.45) is 5.16 Å². The quantitative estimate of drug-likeness (QED) is 0.177. The molecule has 1 aliphatic heterocycles. The third-order valence-electron chi connectivity index (χ3n) is 7.42. The minimum atomic E-state index is -1.81. The van der Waals surface area contributed by atoms with Gasteiger partial charge in [-0.2, -0.15) is 0 Å². The van der Waals surface area contributed by atoms with Crippen molar-refractivity contribution < 1.29 is 34.5 Å². The van der Waals surface area contributed by atoms with Crippen LogP contribution in [0.25, 0.3) is 11.1 Å². The standard InChI is InChI=1S/C33H39N3O7/c1-42-31(30(39)29(38)28(37)20-34-43-22-24-10-4-2-5-11-24)32(40)35-27-14-8-9-19-36(33(27)41)21-23-15-17-26(18-16-23)25-12-6-3-7-13-25/h2-7,10-13,15-18,20,27-31,37-39H,8-9,14,19,21-22H2,1H3,(H,35,40)/b34-20+/t27?,28-,29+,30-,31-/m1/s1. The van der Waals surface area contributed by atoms with Crippen molar-refractivity contribution >= 4 is 18.0 Å². The normalized spacial score (nSPS) is 18.5. The average molecular weight is 590 g/mol. The van der Waals surface area contributed by atoms with Gasteiger partial charge in [0.15, 0.2) is 6.10 Å². The molecule has 10 nitrogen and oxygen atoms in total. The molecule has 1 saturated heterocycles. The highest BCUT2D eigenvalue weighted by atomic mass is 16.6. The number of nitrogens with zero attached hydrogens (tertiary/aromatic N) is 2. The predicted molar refractivity (Wildman–Crippen MR) is 162 cm³/mol. The van der Waals surface area contributed by atoms with E-state index in [1.807, 2.05) is 84.9 Å². The second-order valence-electron chi connectivity index (χ2n) is 10.5. The number of aliphatic hydroxyl groups excluding tert-OH is 3. The summed E-state index contributed by atoms with van der Waals surface area (Å²) >= 11 is 0. The molecule has 0 spiro atoms. The van der Waals surface area contributed by atoms with Crippen molar-refractivity contribution in [2.45, 2.75) is 62.9 Å². The number of likely N-dealkylation sites (tertiary alicyclic amines) is 1. The first-order chi connectivity index (χ1) is 20.9. The maximum Gasteiger partial charge on any atom is 0.252 e. The molecule has 10 heteroatoms. The van der Waals surface area contributed by atoms with Crippen molar-refractivity contribution in [1.82, 2.24) is 10.2 Å². The van der Waals surface area contributed by atoms with Crippen molar-refractivity contribution in [3.63, 3.8) is 0 Å². The number of oxime groups is 1. The van der Waals surface area contributed by atoms with E-state index in [9.17, 15) is 24.9 Å². The molecule has 4 rings (SSSR count). The van der Waals surface area contributed by atoms with Crippen LogP contribution < -0.4 is 5.32 Å². The van der Waals surface area contributed by atoms with E-state index in [0.717, 1.165) is 41.3 Å². The number of methoxy groups -OCH3 is 1. The molecule has 2 amide bonds. The number of benzene rings is 3. The van der Waals surface area contributed by atoms with Gasteiger partial charge in [0.2, 0.25) is 5.91 Å². The monoisotopic (exact) mass is 589 g/mol. The zero-order valence-corrected chi connectivity index (χ0v) is 24.2. The summed E-state index contributed by atoms with van der Waals surface area (Å²) in [4.78, 5) is 33.4. The van der Waals surface area contributed by atoms with Gasteiger partial charge in [-0.3, -0.25) is 9.59 Å². The summed E-state index contributed by atoms with van der Waals surface area (Å²) in [5.41, 5.74) is 4.02. The van der Waals surface area contributed by atoms with Crippen LogP contribution in [-0.4, -0.2) is 82.4 Å². The lowest BCUT2D eigenvalue weighted by Gasteiger charge is -2.29. The van der Waals surface area contributed by atoms with Gasteiger partial charge in [0.25, 0.3) is 5.91 Å². The second-order valence-corrected chi connectivity index (χ2v) is 10.5. The number of rotatable bonds is 13. The number of hydrogen-bond donors (Lipinski definition) is 4. The van der Waals surface area contributed by atoms with Crippen LogP contribution in [0, 0.1) is 0 Å². The Kier molecular flexibility index (Phi) is 11.8. The van der Waals surface area contributed by atoms with Crippen molar-refractivity contribution in [3.8, 4) is 11.1 Å². The molecule has 1 aliphatic rings. The van der Waals surface area contributed by atoms with Gasteiger partial charge < -0.3 is 35.1 Å². The Bertz CT molecular complexity index is 1320. The molecule has 0 saturated carbocycles. The van der Waals surface area contributed by atoms with E-state index in [1.165, 1.54) is 7.11 Å². The molecule has 43 heavy (non-hydrogen) atoms. The van der Waals surface area contributed by atoms with Crippen molar-refractivity contribution in [3.05, 3.63) is 96.1 Å². The maximum atomic E-state index is 13.4. The van der Waals surface area contributed by atoms with Crippen LogP contribution in [0.4, 0.5) is 0 Å². The van der Waals surface area contributed by atoms with Gasteiger partial charge >= 0.3 is 0 Å². The van der Waals surface area contributed by atoms with E-state index in [2.05, 4.69) is 10.5 Å².